The normalized spacial score (nSPS) is 15.9. The molecule has 0 N–H and O–H groups in total. The van der Waals surface area contributed by atoms with Crippen molar-refractivity contribution >= 4 is 29.0 Å². The lowest BCUT2D eigenvalue weighted by Crippen LogP contribution is -2.28. The fourth-order valence-electron chi connectivity index (χ4n) is 2.80. The first kappa shape index (κ1) is 17.1. The van der Waals surface area contributed by atoms with Gasteiger partial charge >= 0.3 is 0 Å². The summed E-state index contributed by atoms with van der Waals surface area (Å²) in [5.74, 6) is 2.83. The lowest BCUT2D eigenvalue weighted by Gasteiger charge is -2.09. The average molecular weight is 351 g/mol. The van der Waals surface area contributed by atoms with E-state index in [1.54, 1.807) is 12.3 Å². The van der Waals surface area contributed by atoms with E-state index in [1.807, 2.05) is 43.5 Å². The van der Waals surface area contributed by atoms with Gasteiger partial charge in [-0.15, -0.1) is 6.42 Å². The maximum absolute atomic E-state index is 12.3. The van der Waals surface area contributed by atoms with E-state index >= 15 is 0 Å². The maximum Gasteiger partial charge on any atom is 0.294 e. The third-order valence-electron chi connectivity index (χ3n) is 4.01. The van der Waals surface area contributed by atoms with Crippen LogP contribution in [0.3, 0.4) is 0 Å². The molecular weight excluding hydrogens is 334 g/mol. The second-order valence-electron chi connectivity index (χ2n) is 5.83. The number of carbonyl (C=O) groups excluding carboxylic acids is 2. The molecule has 1 fully saturated rings. The summed E-state index contributed by atoms with van der Waals surface area (Å²) in [4.78, 5) is 30.1. The van der Waals surface area contributed by atoms with Gasteiger partial charge in [0, 0.05) is 17.6 Å². The molecule has 0 bridgehead atoms. The van der Waals surface area contributed by atoms with Crippen LogP contribution in [0.4, 0.5) is 4.79 Å². The van der Waals surface area contributed by atoms with Crippen molar-refractivity contribution in [2.75, 3.05) is 6.54 Å². The first-order valence-electron chi connectivity index (χ1n) is 7.73. The van der Waals surface area contributed by atoms with Gasteiger partial charge in [0.05, 0.1) is 11.4 Å². The molecule has 1 aliphatic heterocycles. The molecule has 0 saturated carbocycles. The van der Waals surface area contributed by atoms with Gasteiger partial charge in [0.15, 0.2) is 0 Å². The van der Waals surface area contributed by atoms with Gasteiger partial charge in [-0.2, -0.15) is 0 Å². The quantitative estimate of drug-likeness (QED) is 0.628. The van der Waals surface area contributed by atoms with E-state index in [4.69, 9.17) is 6.42 Å². The van der Waals surface area contributed by atoms with Crippen LogP contribution in [-0.4, -0.2) is 32.1 Å². The molecule has 3 rings (SSSR count). The molecule has 0 unspecified atom stereocenters. The Balaban J connectivity index is 2.01. The number of terminal acetylenes is 1. The van der Waals surface area contributed by atoms with E-state index in [0.717, 1.165) is 45.0 Å². The highest BCUT2D eigenvalue weighted by atomic mass is 32.2. The number of rotatable bonds is 3. The zero-order chi connectivity index (χ0) is 18.1. The molecule has 3 heterocycles. The minimum atomic E-state index is -0.341. The van der Waals surface area contributed by atoms with Crippen molar-refractivity contribution in [1.29, 1.82) is 0 Å². The standard InChI is InChI=1S/C19H17N3O2S/c1-5-8-21-18(23)16(25-19(21)24)11-15-10-13(3)22(14(15)4)17-9-12(2)6-7-20-17/h1,6-7,9-11H,8H2,2-4H3/b16-11+. The summed E-state index contributed by atoms with van der Waals surface area (Å²) in [6.45, 7) is 5.96. The topological polar surface area (TPSA) is 55.2 Å². The van der Waals surface area contributed by atoms with Crippen LogP contribution in [-0.2, 0) is 4.79 Å². The number of carbonyl (C=O) groups is 2. The van der Waals surface area contributed by atoms with Crippen LogP contribution in [0.15, 0.2) is 29.3 Å². The van der Waals surface area contributed by atoms with Gasteiger partial charge in [0.2, 0.25) is 0 Å². The molecule has 2 amide bonds. The molecule has 1 saturated heterocycles. The predicted octanol–water partition coefficient (Wildman–Crippen LogP) is 3.47. The summed E-state index contributed by atoms with van der Waals surface area (Å²) in [5, 5.41) is -0.330. The van der Waals surface area contributed by atoms with Crippen LogP contribution in [0.25, 0.3) is 11.9 Å². The van der Waals surface area contributed by atoms with Gasteiger partial charge in [-0.05, 0) is 67.9 Å². The van der Waals surface area contributed by atoms with Crippen molar-refractivity contribution < 1.29 is 9.59 Å². The van der Waals surface area contributed by atoms with E-state index in [2.05, 4.69) is 10.9 Å². The minimum Gasteiger partial charge on any atom is -0.303 e. The van der Waals surface area contributed by atoms with Gasteiger partial charge in [-0.3, -0.25) is 14.5 Å². The fourth-order valence-corrected chi connectivity index (χ4v) is 3.63. The molecular formula is C19H17N3O2S. The molecule has 126 valence electrons. The Kier molecular flexibility index (Phi) is 4.51. The van der Waals surface area contributed by atoms with Gasteiger partial charge in [-0.25, -0.2) is 4.98 Å². The lowest BCUT2D eigenvalue weighted by atomic mass is 10.2. The highest BCUT2D eigenvalue weighted by Crippen LogP contribution is 2.33. The maximum atomic E-state index is 12.3. The largest absolute Gasteiger partial charge is 0.303 e. The first-order valence-corrected chi connectivity index (χ1v) is 8.55. The summed E-state index contributed by atoms with van der Waals surface area (Å²) in [6.07, 6.45) is 8.74. The fraction of sp³-hybridized carbons (Fsp3) is 0.211. The molecule has 0 aromatic carbocycles. The predicted molar refractivity (Wildman–Crippen MR) is 99.3 cm³/mol. The number of nitrogens with zero attached hydrogens (tertiary/aromatic N) is 3. The van der Waals surface area contributed by atoms with Crippen LogP contribution in [0.5, 0.6) is 0 Å². The summed E-state index contributed by atoms with van der Waals surface area (Å²) in [6, 6.07) is 5.93. The minimum absolute atomic E-state index is 0.00571. The van der Waals surface area contributed by atoms with E-state index in [9.17, 15) is 9.59 Å². The molecule has 0 atom stereocenters. The summed E-state index contributed by atoms with van der Waals surface area (Å²) < 4.78 is 2.03. The van der Waals surface area contributed by atoms with E-state index < -0.39 is 0 Å². The van der Waals surface area contributed by atoms with Crippen LogP contribution < -0.4 is 0 Å². The lowest BCUT2D eigenvalue weighted by molar-refractivity contribution is -0.122. The van der Waals surface area contributed by atoms with Crippen LogP contribution in [0, 0.1) is 33.1 Å². The summed E-state index contributed by atoms with van der Waals surface area (Å²) in [7, 11) is 0. The molecule has 5 nitrogen and oxygen atoms in total. The van der Waals surface area contributed by atoms with Crippen LogP contribution >= 0.6 is 11.8 Å². The van der Waals surface area contributed by atoms with Crippen molar-refractivity contribution in [2.45, 2.75) is 20.8 Å². The van der Waals surface area contributed by atoms with Crippen molar-refractivity contribution in [3.63, 3.8) is 0 Å². The van der Waals surface area contributed by atoms with Crippen molar-refractivity contribution in [3.8, 4) is 18.2 Å². The van der Waals surface area contributed by atoms with Gasteiger partial charge in [-0.1, -0.05) is 5.92 Å². The van der Waals surface area contributed by atoms with Crippen molar-refractivity contribution in [3.05, 3.63) is 51.8 Å². The molecule has 0 radical (unpaired) electrons. The average Bonchev–Trinajstić information content (AvgIpc) is 2.98. The molecule has 6 heteroatoms. The zero-order valence-corrected chi connectivity index (χ0v) is 15.1. The number of aromatic nitrogens is 2. The van der Waals surface area contributed by atoms with Crippen molar-refractivity contribution in [2.24, 2.45) is 0 Å². The smallest absolute Gasteiger partial charge is 0.294 e. The Hall–Kier alpha value is -2.78. The number of thioether (sulfide) groups is 1. The first-order chi connectivity index (χ1) is 11.9. The number of aryl methyl sites for hydroxylation is 2. The molecule has 25 heavy (non-hydrogen) atoms. The molecule has 2 aromatic rings. The number of amides is 2. The Labute approximate surface area is 150 Å². The third-order valence-corrected chi connectivity index (χ3v) is 4.92. The Morgan fingerprint density at radius 1 is 1.28 bits per heavy atom. The SMILES string of the molecule is C#CCN1C(=O)S/C(=C/c2cc(C)n(-c3cc(C)ccn3)c2C)C1=O. The van der Waals surface area contributed by atoms with Crippen LogP contribution in [0.2, 0.25) is 0 Å². The molecule has 0 aliphatic carbocycles. The van der Waals surface area contributed by atoms with E-state index in [0.29, 0.717) is 4.91 Å². The van der Waals surface area contributed by atoms with Crippen molar-refractivity contribution in [1.82, 2.24) is 14.5 Å². The highest BCUT2D eigenvalue weighted by Gasteiger charge is 2.34. The highest BCUT2D eigenvalue weighted by molar-refractivity contribution is 8.18. The third kappa shape index (κ3) is 3.11. The number of hydrogen-bond donors (Lipinski definition) is 0. The number of imide groups is 1. The van der Waals surface area contributed by atoms with Crippen LogP contribution in [0.1, 0.15) is 22.5 Å². The second kappa shape index (κ2) is 6.61. The monoisotopic (exact) mass is 351 g/mol. The van der Waals surface area contributed by atoms with Gasteiger partial charge in [0.25, 0.3) is 11.1 Å². The van der Waals surface area contributed by atoms with E-state index in [-0.39, 0.29) is 17.7 Å². The Morgan fingerprint density at radius 3 is 2.72 bits per heavy atom. The molecule has 0 spiro atoms. The Morgan fingerprint density at radius 2 is 2.04 bits per heavy atom. The number of pyridine rings is 1. The zero-order valence-electron chi connectivity index (χ0n) is 14.2. The number of hydrogen-bond acceptors (Lipinski definition) is 4. The van der Waals surface area contributed by atoms with E-state index in [1.165, 1.54) is 0 Å². The molecule has 1 aliphatic rings. The Bertz CT molecular complexity index is 950. The second-order valence-corrected chi connectivity index (χ2v) is 6.82. The van der Waals surface area contributed by atoms with Gasteiger partial charge in [0.1, 0.15) is 5.82 Å². The summed E-state index contributed by atoms with van der Waals surface area (Å²) >= 11 is 0.917. The van der Waals surface area contributed by atoms with Gasteiger partial charge < -0.3 is 4.57 Å². The summed E-state index contributed by atoms with van der Waals surface area (Å²) in [5.41, 5.74) is 3.96. The molecule has 2 aromatic heterocycles.